The van der Waals surface area contributed by atoms with Crippen LogP contribution in [0.1, 0.15) is 36.5 Å². The maximum absolute atomic E-state index is 12.1. The van der Waals surface area contributed by atoms with Crippen molar-refractivity contribution in [2.24, 2.45) is 0 Å². The van der Waals surface area contributed by atoms with Crippen molar-refractivity contribution in [3.63, 3.8) is 0 Å². The summed E-state index contributed by atoms with van der Waals surface area (Å²) in [6.07, 6.45) is 5.13. The van der Waals surface area contributed by atoms with Crippen molar-refractivity contribution in [3.8, 4) is 0 Å². The fourth-order valence-corrected chi connectivity index (χ4v) is 2.88. The van der Waals surface area contributed by atoms with Crippen LogP contribution >= 0.6 is 11.6 Å². The van der Waals surface area contributed by atoms with E-state index in [1.165, 1.54) is 11.6 Å². The van der Waals surface area contributed by atoms with Crippen molar-refractivity contribution in [2.75, 3.05) is 5.32 Å². The van der Waals surface area contributed by atoms with Crippen molar-refractivity contribution in [1.29, 1.82) is 0 Å². The molecule has 0 aliphatic heterocycles. The molecule has 1 N–H and O–H groups in total. The average molecular weight is 380 g/mol. The summed E-state index contributed by atoms with van der Waals surface area (Å²) in [5.41, 5.74) is 3.32. The summed E-state index contributed by atoms with van der Waals surface area (Å²) in [5.74, 6) is 0.797. The smallest absolute Gasteiger partial charge is 0.249 e. The summed E-state index contributed by atoms with van der Waals surface area (Å²) in [7, 11) is 0. The number of amides is 1. The van der Waals surface area contributed by atoms with Gasteiger partial charge in [0.15, 0.2) is 5.82 Å². The largest absolute Gasteiger partial charge is 0.306 e. The number of hydrogen-bond donors (Lipinski definition) is 1. The molecule has 0 aliphatic rings. The Hall–Kier alpha value is -2.85. The van der Waals surface area contributed by atoms with Gasteiger partial charge in [0.1, 0.15) is 0 Å². The SMILES string of the molecule is CC(C)c1ccc(/C=C/C(=O)Nc2ccn(Cc3cccc(Cl)c3)n2)cc1. The van der Waals surface area contributed by atoms with Crippen molar-refractivity contribution in [3.05, 3.63) is 88.6 Å². The van der Waals surface area contributed by atoms with E-state index in [-0.39, 0.29) is 5.91 Å². The number of aromatic nitrogens is 2. The first-order chi connectivity index (χ1) is 13.0. The monoisotopic (exact) mass is 379 g/mol. The van der Waals surface area contributed by atoms with Gasteiger partial charge in [0.2, 0.25) is 5.91 Å². The zero-order valence-corrected chi connectivity index (χ0v) is 16.1. The van der Waals surface area contributed by atoms with Gasteiger partial charge in [-0.2, -0.15) is 5.10 Å². The predicted octanol–water partition coefficient (Wildman–Crippen LogP) is 5.36. The molecule has 3 rings (SSSR count). The molecule has 0 saturated carbocycles. The van der Waals surface area contributed by atoms with Crippen LogP contribution in [0.2, 0.25) is 5.02 Å². The van der Waals surface area contributed by atoms with Gasteiger partial charge in [-0.15, -0.1) is 0 Å². The zero-order chi connectivity index (χ0) is 19.2. The summed E-state index contributed by atoms with van der Waals surface area (Å²) in [5, 5.41) is 7.84. The molecule has 3 aromatic rings. The first-order valence-electron chi connectivity index (χ1n) is 8.86. The maximum Gasteiger partial charge on any atom is 0.249 e. The Kier molecular flexibility index (Phi) is 6.09. The number of halogens is 1. The molecule has 0 aliphatic carbocycles. The van der Waals surface area contributed by atoms with E-state index in [0.29, 0.717) is 23.3 Å². The van der Waals surface area contributed by atoms with E-state index in [0.717, 1.165) is 11.1 Å². The molecule has 0 radical (unpaired) electrons. The fraction of sp³-hybridized carbons (Fsp3) is 0.182. The number of rotatable bonds is 6. The Morgan fingerprint density at radius 1 is 1.19 bits per heavy atom. The van der Waals surface area contributed by atoms with E-state index in [4.69, 9.17) is 11.6 Å². The molecule has 2 aromatic carbocycles. The Balaban J connectivity index is 1.57. The van der Waals surface area contributed by atoms with Crippen molar-refractivity contribution in [1.82, 2.24) is 9.78 Å². The molecule has 0 saturated heterocycles. The number of hydrogen-bond acceptors (Lipinski definition) is 2. The van der Waals surface area contributed by atoms with Gasteiger partial charge in [-0.05, 0) is 40.8 Å². The van der Waals surface area contributed by atoms with Gasteiger partial charge < -0.3 is 5.32 Å². The number of nitrogens with zero attached hydrogens (tertiary/aromatic N) is 2. The second-order valence-electron chi connectivity index (χ2n) is 6.67. The fourth-order valence-electron chi connectivity index (χ4n) is 2.67. The third-order valence-electron chi connectivity index (χ3n) is 4.16. The van der Waals surface area contributed by atoms with Crippen LogP contribution < -0.4 is 5.32 Å². The summed E-state index contributed by atoms with van der Waals surface area (Å²) < 4.78 is 1.76. The van der Waals surface area contributed by atoms with Crippen LogP contribution in [0.15, 0.2) is 66.9 Å². The number of carbonyl (C=O) groups excluding carboxylic acids is 1. The van der Waals surface area contributed by atoms with E-state index < -0.39 is 0 Å². The molecular weight excluding hydrogens is 358 g/mol. The third-order valence-corrected chi connectivity index (χ3v) is 4.39. The summed E-state index contributed by atoms with van der Waals surface area (Å²) in [6.45, 7) is 4.90. The topological polar surface area (TPSA) is 46.9 Å². The highest BCUT2D eigenvalue weighted by Crippen LogP contribution is 2.15. The van der Waals surface area contributed by atoms with E-state index in [9.17, 15) is 4.79 Å². The lowest BCUT2D eigenvalue weighted by molar-refractivity contribution is -0.111. The minimum Gasteiger partial charge on any atom is -0.306 e. The van der Waals surface area contributed by atoms with Crippen LogP contribution in [0, 0.1) is 0 Å². The maximum atomic E-state index is 12.1. The molecule has 1 aromatic heterocycles. The second-order valence-corrected chi connectivity index (χ2v) is 7.11. The highest BCUT2D eigenvalue weighted by Gasteiger charge is 2.04. The first kappa shape index (κ1) is 18.9. The molecule has 0 atom stereocenters. The number of carbonyl (C=O) groups is 1. The van der Waals surface area contributed by atoms with Crippen molar-refractivity contribution >= 4 is 29.4 Å². The van der Waals surface area contributed by atoms with Crippen LogP contribution in [-0.4, -0.2) is 15.7 Å². The van der Waals surface area contributed by atoms with E-state index >= 15 is 0 Å². The Morgan fingerprint density at radius 2 is 1.96 bits per heavy atom. The highest BCUT2D eigenvalue weighted by atomic mass is 35.5. The molecular formula is C22H22ClN3O. The lowest BCUT2D eigenvalue weighted by Gasteiger charge is -2.04. The average Bonchev–Trinajstić information content (AvgIpc) is 3.07. The van der Waals surface area contributed by atoms with E-state index in [1.807, 2.05) is 42.6 Å². The van der Waals surface area contributed by atoms with Crippen LogP contribution in [0.3, 0.4) is 0 Å². The Morgan fingerprint density at radius 3 is 2.67 bits per heavy atom. The Labute approximate surface area is 164 Å². The van der Waals surface area contributed by atoms with Gasteiger partial charge in [-0.3, -0.25) is 9.48 Å². The van der Waals surface area contributed by atoms with E-state index in [2.05, 4.69) is 36.4 Å². The highest BCUT2D eigenvalue weighted by molar-refractivity contribution is 6.30. The molecule has 27 heavy (non-hydrogen) atoms. The normalized spacial score (nSPS) is 11.3. The van der Waals surface area contributed by atoms with Crippen LogP contribution in [-0.2, 0) is 11.3 Å². The number of nitrogens with one attached hydrogen (secondary N) is 1. The lowest BCUT2D eigenvalue weighted by Crippen LogP contribution is -2.09. The van der Waals surface area contributed by atoms with Gasteiger partial charge in [0.25, 0.3) is 0 Å². The minimum atomic E-state index is -0.212. The quantitative estimate of drug-likeness (QED) is 0.586. The van der Waals surface area contributed by atoms with Crippen molar-refractivity contribution < 1.29 is 4.79 Å². The van der Waals surface area contributed by atoms with Gasteiger partial charge in [-0.25, -0.2) is 0 Å². The first-order valence-corrected chi connectivity index (χ1v) is 9.24. The number of benzene rings is 2. The summed E-state index contributed by atoms with van der Waals surface area (Å²) >= 11 is 6.00. The molecule has 4 nitrogen and oxygen atoms in total. The third kappa shape index (κ3) is 5.56. The lowest BCUT2D eigenvalue weighted by atomic mass is 10.0. The predicted molar refractivity (Wildman–Crippen MR) is 111 cm³/mol. The molecule has 1 amide bonds. The second kappa shape index (κ2) is 8.69. The Bertz CT molecular complexity index is 942. The van der Waals surface area contributed by atoms with Crippen molar-refractivity contribution in [2.45, 2.75) is 26.3 Å². The van der Waals surface area contributed by atoms with Crippen LogP contribution in [0.5, 0.6) is 0 Å². The van der Waals surface area contributed by atoms with E-state index in [1.54, 1.807) is 16.8 Å². The molecule has 138 valence electrons. The van der Waals surface area contributed by atoms with Gasteiger partial charge in [0.05, 0.1) is 6.54 Å². The summed E-state index contributed by atoms with van der Waals surface area (Å²) in [6, 6.07) is 17.6. The van der Waals surface area contributed by atoms with Gasteiger partial charge >= 0.3 is 0 Å². The van der Waals surface area contributed by atoms with Crippen LogP contribution in [0.4, 0.5) is 5.82 Å². The molecule has 0 fully saturated rings. The molecule has 0 bridgehead atoms. The standard InChI is InChI=1S/C22H22ClN3O/c1-16(2)19-9-6-17(7-10-19)8-11-22(27)24-21-12-13-26(25-21)15-18-4-3-5-20(23)14-18/h3-14,16H,15H2,1-2H3,(H,24,25,27)/b11-8+. The molecule has 0 unspecified atom stereocenters. The molecule has 1 heterocycles. The van der Waals surface area contributed by atoms with Gasteiger partial charge in [0, 0.05) is 23.4 Å². The zero-order valence-electron chi connectivity index (χ0n) is 15.4. The van der Waals surface area contributed by atoms with Crippen LogP contribution in [0.25, 0.3) is 6.08 Å². The molecule has 5 heteroatoms. The number of anilines is 1. The minimum absolute atomic E-state index is 0.212. The summed E-state index contributed by atoms with van der Waals surface area (Å²) in [4.78, 5) is 12.1. The van der Waals surface area contributed by atoms with Gasteiger partial charge in [-0.1, -0.05) is 61.8 Å². The molecule has 0 spiro atoms.